The molecule has 0 unspecified atom stereocenters. The van der Waals surface area contributed by atoms with Gasteiger partial charge in [0.25, 0.3) is 5.91 Å². The zero-order chi connectivity index (χ0) is 12.7. The highest BCUT2D eigenvalue weighted by Crippen LogP contribution is 2.06. The van der Waals surface area contributed by atoms with Crippen LogP contribution in [-0.2, 0) is 0 Å². The SMILES string of the molecule is CCCCC(C)=NNC(=O)c1ccccc1C. The molecule has 0 aliphatic carbocycles. The van der Waals surface area contributed by atoms with E-state index in [-0.39, 0.29) is 5.91 Å². The Hall–Kier alpha value is -1.64. The van der Waals surface area contributed by atoms with Crippen molar-refractivity contribution < 1.29 is 4.79 Å². The summed E-state index contributed by atoms with van der Waals surface area (Å²) in [7, 11) is 0. The van der Waals surface area contributed by atoms with Gasteiger partial charge in [0.05, 0.1) is 0 Å². The molecule has 1 aromatic carbocycles. The lowest BCUT2D eigenvalue weighted by Gasteiger charge is -2.04. The van der Waals surface area contributed by atoms with Crippen LogP contribution in [0.15, 0.2) is 29.4 Å². The lowest BCUT2D eigenvalue weighted by atomic mass is 10.1. The van der Waals surface area contributed by atoms with E-state index >= 15 is 0 Å². The Balaban J connectivity index is 2.58. The molecular formula is C14H20N2O. The largest absolute Gasteiger partial charge is 0.271 e. The summed E-state index contributed by atoms with van der Waals surface area (Å²) in [5.74, 6) is -0.140. The normalized spacial score (nSPS) is 11.4. The number of aryl methyl sites for hydroxylation is 1. The minimum absolute atomic E-state index is 0.140. The van der Waals surface area contributed by atoms with Crippen LogP contribution in [0.5, 0.6) is 0 Å². The predicted molar refractivity (Wildman–Crippen MR) is 71.3 cm³/mol. The van der Waals surface area contributed by atoms with Gasteiger partial charge in [-0.3, -0.25) is 4.79 Å². The average molecular weight is 232 g/mol. The van der Waals surface area contributed by atoms with Crippen molar-refractivity contribution >= 4 is 11.6 Å². The van der Waals surface area contributed by atoms with E-state index in [2.05, 4.69) is 17.5 Å². The van der Waals surface area contributed by atoms with Crippen molar-refractivity contribution in [2.75, 3.05) is 0 Å². The van der Waals surface area contributed by atoms with Crippen LogP contribution in [-0.4, -0.2) is 11.6 Å². The fourth-order valence-corrected chi connectivity index (χ4v) is 1.52. The number of nitrogens with zero attached hydrogens (tertiary/aromatic N) is 1. The molecule has 0 heterocycles. The molecule has 0 saturated carbocycles. The van der Waals surface area contributed by atoms with E-state index in [0.29, 0.717) is 5.56 Å². The number of benzene rings is 1. The fourth-order valence-electron chi connectivity index (χ4n) is 1.52. The number of hydrogen-bond donors (Lipinski definition) is 1. The maximum atomic E-state index is 11.8. The maximum absolute atomic E-state index is 11.8. The third-order valence-electron chi connectivity index (χ3n) is 2.63. The summed E-state index contributed by atoms with van der Waals surface area (Å²) in [6.45, 7) is 6.00. The van der Waals surface area contributed by atoms with E-state index in [1.165, 1.54) is 0 Å². The monoisotopic (exact) mass is 232 g/mol. The smallest absolute Gasteiger partial charge is 0.267 e. The molecule has 1 aromatic rings. The van der Waals surface area contributed by atoms with Crippen molar-refractivity contribution in [3.63, 3.8) is 0 Å². The minimum atomic E-state index is -0.140. The molecule has 17 heavy (non-hydrogen) atoms. The maximum Gasteiger partial charge on any atom is 0.271 e. The van der Waals surface area contributed by atoms with E-state index in [1.54, 1.807) is 0 Å². The van der Waals surface area contributed by atoms with Crippen molar-refractivity contribution in [3.05, 3.63) is 35.4 Å². The highest BCUT2D eigenvalue weighted by Gasteiger charge is 2.06. The average Bonchev–Trinajstić information content (AvgIpc) is 2.34. The first-order valence-corrected chi connectivity index (χ1v) is 6.04. The third-order valence-corrected chi connectivity index (χ3v) is 2.63. The van der Waals surface area contributed by atoms with Crippen molar-refractivity contribution in [1.29, 1.82) is 0 Å². The van der Waals surface area contributed by atoms with Crippen molar-refractivity contribution in [2.24, 2.45) is 5.10 Å². The minimum Gasteiger partial charge on any atom is -0.267 e. The first kappa shape index (κ1) is 13.4. The van der Waals surface area contributed by atoms with E-state index in [9.17, 15) is 4.79 Å². The van der Waals surface area contributed by atoms with Crippen LogP contribution in [0.25, 0.3) is 0 Å². The van der Waals surface area contributed by atoms with Gasteiger partial charge in [-0.25, -0.2) is 5.43 Å². The Kier molecular flexibility index (Phi) is 5.40. The van der Waals surface area contributed by atoms with E-state index in [1.807, 2.05) is 38.1 Å². The number of unbranched alkanes of at least 4 members (excludes halogenated alkanes) is 1. The van der Waals surface area contributed by atoms with Crippen molar-refractivity contribution in [3.8, 4) is 0 Å². The molecule has 0 bridgehead atoms. The van der Waals surface area contributed by atoms with Crippen molar-refractivity contribution in [1.82, 2.24) is 5.43 Å². The summed E-state index contributed by atoms with van der Waals surface area (Å²) in [5.41, 5.74) is 5.21. The summed E-state index contributed by atoms with van der Waals surface area (Å²) in [6, 6.07) is 7.50. The Labute approximate surface area is 103 Å². The molecule has 1 amide bonds. The molecule has 3 nitrogen and oxygen atoms in total. The topological polar surface area (TPSA) is 41.5 Å². The second-order valence-corrected chi connectivity index (χ2v) is 4.21. The molecule has 1 N–H and O–H groups in total. The third kappa shape index (κ3) is 4.39. The van der Waals surface area contributed by atoms with Gasteiger partial charge in [-0.15, -0.1) is 0 Å². The van der Waals surface area contributed by atoms with Crippen LogP contribution < -0.4 is 5.43 Å². The Morgan fingerprint density at radius 3 is 2.71 bits per heavy atom. The Morgan fingerprint density at radius 2 is 2.06 bits per heavy atom. The van der Waals surface area contributed by atoms with Crippen LogP contribution in [0, 0.1) is 6.92 Å². The molecule has 0 spiro atoms. The van der Waals surface area contributed by atoms with E-state index < -0.39 is 0 Å². The molecule has 3 heteroatoms. The molecule has 92 valence electrons. The van der Waals surface area contributed by atoms with Crippen LogP contribution >= 0.6 is 0 Å². The number of carbonyl (C=O) groups excluding carboxylic acids is 1. The van der Waals surface area contributed by atoms with Crippen LogP contribution in [0.4, 0.5) is 0 Å². The second kappa shape index (κ2) is 6.84. The van der Waals surface area contributed by atoms with Gasteiger partial charge >= 0.3 is 0 Å². The lowest BCUT2D eigenvalue weighted by molar-refractivity contribution is 0.0954. The molecule has 0 fully saturated rings. The first-order valence-electron chi connectivity index (χ1n) is 6.04. The Bertz CT molecular complexity index is 410. The van der Waals surface area contributed by atoms with Crippen LogP contribution in [0.1, 0.15) is 49.0 Å². The van der Waals surface area contributed by atoms with Crippen LogP contribution in [0.2, 0.25) is 0 Å². The van der Waals surface area contributed by atoms with Gasteiger partial charge in [0.1, 0.15) is 0 Å². The number of rotatable bonds is 5. The molecule has 0 saturated heterocycles. The predicted octanol–water partition coefficient (Wildman–Crippen LogP) is 3.29. The van der Waals surface area contributed by atoms with Crippen LogP contribution in [0.3, 0.4) is 0 Å². The molecule has 0 aliphatic rings. The number of carbonyl (C=O) groups is 1. The summed E-state index contributed by atoms with van der Waals surface area (Å²) in [5, 5.41) is 4.10. The quantitative estimate of drug-likeness (QED) is 0.614. The van der Waals surface area contributed by atoms with Crippen molar-refractivity contribution in [2.45, 2.75) is 40.0 Å². The highest BCUT2D eigenvalue weighted by atomic mass is 16.2. The standard InChI is InChI=1S/C14H20N2O/c1-4-5-9-12(3)15-16-14(17)13-10-7-6-8-11(13)2/h6-8,10H,4-5,9H2,1-3H3,(H,16,17). The molecule has 1 rings (SSSR count). The molecule has 0 radical (unpaired) electrons. The first-order chi connectivity index (χ1) is 8.15. The fraction of sp³-hybridized carbons (Fsp3) is 0.429. The van der Waals surface area contributed by atoms with Gasteiger partial charge in [-0.05, 0) is 38.3 Å². The molecule has 0 aliphatic heterocycles. The zero-order valence-electron chi connectivity index (χ0n) is 10.8. The zero-order valence-corrected chi connectivity index (χ0v) is 10.8. The molecule has 0 atom stereocenters. The number of amides is 1. The summed E-state index contributed by atoms with van der Waals surface area (Å²) in [6.07, 6.45) is 3.18. The van der Waals surface area contributed by atoms with E-state index in [0.717, 1.165) is 30.5 Å². The highest BCUT2D eigenvalue weighted by molar-refractivity contribution is 5.96. The molecular weight excluding hydrogens is 212 g/mol. The number of nitrogens with one attached hydrogen (secondary N) is 1. The summed E-state index contributed by atoms with van der Waals surface area (Å²) < 4.78 is 0. The van der Waals surface area contributed by atoms with Gasteiger partial charge in [-0.1, -0.05) is 31.5 Å². The van der Waals surface area contributed by atoms with Gasteiger partial charge in [-0.2, -0.15) is 5.10 Å². The lowest BCUT2D eigenvalue weighted by Crippen LogP contribution is -2.20. The number of hydrogen-bond acceptors (Lipinski definition) is 2. The van der Waals surface area contributed by atoms with Gasteiger partial charge in [0.2, 0.25) is 0 Å². The van der Waals surface area contributed by atoms with Gasteiger partial charge in [0, 0.05) is 11.3 Å². The van der Waals surface area contributed by atoms with Gasteiger partial charge < -0.3 is 0 Å². The second-order valence-electron chi connectivity index (χ2n) is 4.21. The molecule has 0 aromatic heterocycles. The van der Waals surface area contributed by atoms with E-state index in [4.69, 9.17) is 0 Å². The summed E-state index contributed by atoms with van der Waals surface area (Å²) in [4.78, 5) is 11.8. The Morgan fingerprint density at radius 1 is 1.35 bits per heavy atom. The number of hydrazone groups is 1. The van der Waals surface area contributed by atoms with Gasteiger partial charge in [0.15, 0.2) is 0 Å². The summed E-state index contributed by atoms with van der Waals surface area (Å²) >= 11 is 0.